The summed E-state index contributed by atoms with van der Waals surface area (Å²) >= 11 is 5.62. The Morgan fingerprint density at radius 2 is 2.31 bits per heavy atom. The Labute approximate surface area is 100 Å². The summed E-state index contributed by atoms with van der Waals surface area (Å²) in [5.74, 6) is -0.112. The van der Waals surface area contributed by atoms with Gasteiger partial charge in [0.25, 0.3) is 0 Å². The number of ether oxygens (including phenoxy) is 1. The highest BCUT2D eigenvalue weighted by atomic mass is 35.5. The van der Waals surface area contributed by atoms with E-state index in [4.69, 9.17) is 16.3 Å². The molecule has 0 fully saturated rings. The molecule has 0 bridgehead atoms. The molecule has 16 heavy (non-hydrogen) atoms. The predicted molar refractivity (Wildman–Crippen MR) is 61.4 cm³/mol. The lowest BCUT2D eigenvalue weighted by molar-refractivity contribution is 0.0436. The van der Waals surface area contributed by atoms with Crippen LogP contribution in [0.1, 0.15) is 37.2 Å². The quantitative estimate of drug-likeness (QED) is 0.745. The normalized spacial score (nSPS) is 12.2. The highest BCUT2D eigenvalue weighted by Gasteiger charge is 2.11. The van der Waals surface area contributed by atoms with E-state index in [-0.39, 0.29) is 10.8 Å². The fourth-order valence-electron chi connectivity index (χ4n) is 1.31. The van der Waals surface area contributed by atoms with Gasteiger partial charge in [0.2, 0.25) is 0 Å². The average Bonchev–Trinajstić information content (AvgIpc) is 2.26. The fourth-order valence-corrected chi connectivity index (χ4v) is 1.46. The molecule has 0 aliphatic carbocycles. The van der Waals surface area contributed by atoms with Crippen molar-refractivity contribution in [3.8, 4) is 0 Å². The Morgan fingerprint density at radius 3 is 2.94 bits per heavy atom. The van der Waals surface area contributed by atoms with E-state index in [1.165, 1.54) is 12.4 Å². The summed E-state index contributed by atoms with van der Waals surface area (Å²) in [6.07, 6.45) is 4.83. The number of aromatic nitrogens is 2. The zero-order chi connectivity index (χ0) is 12.0. The van der Waals surface area contributed by atoms with E-state index in [1.54, 1.807) is 0 Å². The van der Waals surface area contributed by atoms with Gasteiger partial charge in [-0.15, -0.1) is 0 Å². The standard InChI is InChI=1S/C11H15ClN2O2/c1-3-4-8(2)7-16-11(15)9-5-13-6-10(12)14-9/h5-6,8H,3-4,7H2,1-2H3. The van der Waals surface area contributed by atoms with E-state index in [0.717, 1.165) is 12.8 Å². The third-order valence-electron chi connectivity index (χ3n) is 2.09. The third kappa shape index (κ3) is 4.14. The average molecular weight is 243 g/mol. The van der Waals surface area contributed by atoms with Crippen molar-refractivity contribution in [3.05, 3.63) is 23.2 Å². The molecule has 1 aromatic heterocycles. The first-order valence-corrected chi connectivity index (χ1v) is 5.66. The Morgan fingerprint density at radius 1 is 1.56 bits per heavy atom. The zero-order valence-electron chi connectivity index (χ0n) is 9.44. The van der Waals surface area contributed by atoms with E-state index < -0.39 is 5.97 Å². The van der Waals surface area contributed by atoms with Gasteiger partial charge >= 0.3 is 5.97 Å². The van der Waals surface area contributed by atoms with Gasteiger partial charge in [0, 0.05) is 0 Å². The summed E-state index contributed by atoms with van der Waals surface area (Å²) in [7, 11) is 0. The predicted octanol–water partition coefficient (Wildman–Crippen LogP) is 2.72. The molecule has 0 aliphatic rings. The maximum absolute atomic E-state index is 11.5. The summed E-state index contributed by atoms with van der Waals surface area (Å²) in [5.41, 5.74) is 0.149. The van der Waals surface area contributed by atoms with Crippen LogP contribution in [0.3, 0.4) is 0 Å². The largest absolute Gasteiger partial charge is 0.461 e. The van der Waals surface area contributed by atoms with Crippen molar-refractivity contribution < 1.29 is 9.53 Å². The third-order valence-corrected chi connectivity index (χ3v) is 2.28. The lowest BCUT2D eigenvalue weighted by Crippen LogP contribution is -2.13. The minimum absolute atomic E-state index is 0.149. The molecule has 0 spiro atoms. The van der Waals surface area contributed by atoms with Gasteiger partial charge in [-0.25, -0.2) is 9.78 Å². The van der Waals surface area contributed by atoms with Crippen LogP contribution in [0.4, 0.5) is 0 Å². The molecule has 5 heteroatoms. The summed E-state index contributed by atoms with van der Waals surface area (Å²) in [6, 6.07) is 0. The van der Waals surface area contributed by atoms with Crippen LogP contribution in [-0.4, -0.2) is 22.5 Å². The van der Waals surface area contributed by atoms with Crippen LogP contribution in [0.2, 0.25) is 5.15 Å². The number of carbonyl (C=O) groups excluding carboxylic acids is 1. The number of esters is 1. The SMILES string of the molecule is CCCC(C)COC(=O)c1cncc(Cl)n1. The van der Waals surface area contributed by atoms with Gasteiger partial charge in [-0.1, -0.05) is 31.9 Å². The first kappa shape index (κ1) is 12.9. The van der Waals surface area contributed by atoms with Crippen LogP contribution < -0.4 is 0 Å². The second-order valence-electron chi connectivity index (χ2n) is 3.72. The van der Waals surface area contributed by atoms with Crippen LogP contribution in [0.15, 0.2) is 12.4 Å². The molecule has 1 unspecified atom stereocenters. The van der Waals surface area contributed by atoms with Gasteiger partial charge in [0.05, 0.1) is 19.0 Å². The molecule has 0 radical (unpaired) electrons. The smallest absolute Gasteiger partial charge is 0.358 e. The van der Waals surface area contributed by atoms with E-state index in [2.05, 4.69) is 16.9 Å². The molecule has 4 nitrogen and oxygen atoms in total. The number of hydrogen-bond donors (Lipinski definition) is 0. The highest BCUT2D eigenvalue weighted by Crippen LogP contribution is 2.08. The zero-order valence-corrected chi connectivity index (χ0v) is 10.2. The van der Waals surface area contributed by atoms with Crippen molar-refractivity contribution in [3.63, 3.8) is 0 Å². The van der Waals surface area contributed by atoms with E-state index in [1.807, 2.05) is 6.92 Å². The molecule has 1 aromatic rings. The van der Waals surface area contributed by atoms with Crippen molar-refractivity contribution in [1.82, 2.24) is 9.97 Å². The molecule has 1 atom stereocenters. The van der Waals surface area contributed by atoms with Gasteiger partial charge in [-0.2, -0.15) is 0 Å². The Bertz CT molecular complexity index is 358. The molecule has 0 aromatic carbocycles. The minimum Gasteiger partial charge on any atom is -0.461 e. The van der Waals surface area contributed by atoms with Gasteiger partial charge in [-0.05, 0) is 12.3 Å². The molecule has 1 rings (SSSR count). The van der Waals surface area contributed by atoms with Gasteiger partial charge in [0.15, 0.2) is 5.69 Å². The summed E-state index contributed by atoms with van der Waals surface area (Å²) in [5, 5.41) is 0.191. The van der Waals surface area contributed by atoms with Crippen molar-refractivity contribution in [2.24, 2.45) is 5.92 Å². The fraction of sp³-hybridized carbons (Fsp3) is 0.545. The molecular formula is C11H15ClN2O2. The maximum Gasteiger partial charge on any atom is 0.358 e. The lowest BCUT2D eigenvalue weighted by atomic mass is 10.1. The molecule has 0 N–H and O–H groups in total. The number of halogens is 1. The number of hydrogen-bond acceptors (Lipinski definition) is 4. The maximum atomic E-state index is 11.5. The molecule has 0 saturated carbocycles. The Hall–Kier alpha value is -1.16. The van der Waals surface area contributed by atoms with Crippen molar-refractivity contribution in [2.75, 3.05) is 6.61 Å². The van der Waals surface area contributed by atoms with Crippen molar-refractivity contribution >= 4 is 17.6 Å². The number of nitrogens with zero attached hydrogens (tertiary/aromatic N) is 2. The molecule has 0 saturated heterocycles. The lowest BCUT2D eigenvalue weighted by Gasteiger charge is -2.10. The van der Waals surface area contributed by atoms with Crippen LogP contribution in [-0.2, 0) is 4.74 Å². The second-order valence-corrected chi connectivity index (χ2v) is 4.11. The van der Waals surface area contributed by atoms with Crippen LogP contribution in [0.25, 0.3) is 0 Å². The molecule has 0 amide bonds. The number of rotatable bonds is 5. The van der Waals surface area contributed by atoms with Crippen LogP contribution in [0.5, 0.6) is 0 Å². The van der Waals surface area contributed by atoms with Crippen LogP contribution >= 0.6 is 11.6 Å². The number of carbonyl (C=O) groups is 1. The second kappa shape index (κ2) is 6.43. The first-order chi connectivity index (χ1) is 7.63. The van der Waals surface area contributed by atoms with E-state index >= 15 is 0 Å². The van der Waals surface area contributed by atoms with E-state index in [0.29, 0.717) is 12.5 Å². The topological polar surface area (TPSA) is 52.1 Å². The van der Waals surface area contributed by atoms with E-state index in [9.17, 15) is 4.79 Å². The van der Waals surface area contributed by atoms with Crippen molar-refractivity contribution in [1.29, 1.82) is 0 Å². The molecule has 0 aliphatic heterocycles. The summed E-state index contributed by atoms with van der Waals surface area (Å²) in [4.78, 5) is 19.1. The van der Waals surface area contributed by atoms with Gasteiger partial charge in [0.1, 0.15) is 5.15 Å². The van der Waals surface area contributed by atoms with Crippen molar-refractivity contribution in [2.45, 2.75) is 26.7 Å². The summed E-state index contributed by atoms with van der Waals surface area (Å²) in [6.45, 7) is 4.54. The van der Waals surface area contributed by atoms with Gasteiger partial charge < -0.3 is 4.74 Å². The summed E-state index contributed by atoms with van der Waals surface area (Å²) < 4.78 is 5.10. The Balaban J connectivity index is 2.47. The highest BCUT2D eigenvalue weighted by molar-refractivity contribution is 6.29. The monoisotopic (exact) mass is 242 g/mol. The molecule has 88 valence electrons. The molecule has 1 heterocycles. The molecular weight excluding hydrogens is 228 g/mol. The Kier molecular flexibility index (Phi) is 5.19. The minimum atomic E-state index is -0.474. The first-order valence-electron chi connectivity index (χ1n) is 5.28. The van der Waals surface area contributed by atoms with Gasteiger partial charge in [-0.3, -0.25) is 4.98 Å². The van der Waals surface area contributed by atoms with Crippen LogP contribution in [0, 0.1) is 5.92 Å².